The third-order valence-electron chi connectivity index (χ3n) is 4.82. The molecule has 0 bridgehead atoms. The number of hydrogen-bond donors (Lipinski definition) is 3. The minimum Gasteiger partial charge on any atom is -0.347 e. The number of H-pyrrole nitrogens is 3. The Bertz CT molecular complexity index is 1070. The molecule has 1 aliphatic heterocycles. The van der Waals surface area contributed by atoms with Crippen molar-refractivity contribution < 1.29 is 8.42 Å². The molecule has 1 atom stereocenters. The minimum atomic E-state index is -3.67. The van der Waals surface area contributed by atoms with Crippen LogP contribution in [-0.2, 0) is 10.0 Å². The highest BCUT2D eigenvalue weighted by Crippen LogP contribution is 2.27. The second kappa shape index (κ2) is 6.38. The lowest BCUT2D eigenvalue weighted by Crippen LogP contribution is -2.50. The van der Waals surface area contributed by atoms with Gasteiger partial charge in [-0.1, -0.05) is 6.92 Å². The van der Waals surface area contributed by atoms with Crippen LogP contribution in [0, 0.1) is 0 Å². The molecule has 1 fully saturated rings. The van der Waals surface area contributed by atoms with Crippen molar-refractivity contribution in [2.45, 2.75) is 17.9 Å². The van der Waals surface area contributed by atoms with Gasteiger partial charge in [-0.25, -0.2) is 18.2 Å². The van der Waals surface area contributed by atoms with E-state index in [-0.39, 0.29) is 16.6 Å². The number of likely N-dealkylation sites (N-methyl/N-ethyl adjacent to an activating group) is 1. The summed E-state index contributed by atoms with van der Waals surface area (Å²) in [6, 6.07) is 4.51. The van der Waals surface area contributed by atoms with Gasteiger partial charge < -0.3 is 15.0 Å². The molecular weight excluding hydrogens is 356 g/mol. The summed E-state index contributed by atoms with van der Waals surface area (Å²) < 4.78 is 27.7. The van der Waals surface area contributed by atoms with Crippen LogP contribution in [0.3, 0.4) is 0 Å². The van der Waals surface area contributed by atoms with E-state index in [9.17, 15) is 13.2 Å². The fourth-order valence-corrected chi connectivity index (χ4v) is 4.90. The number of sulfonamides is 1. The van der Waals surface area contributed by atoms with Gasteiger partial charge in [0, 0.05) is 32.0 Å². The van der Waals surface area contributed by atoms with E-state index in [2.05, 4.69) is 31.8 Å². The molecule has 0 unspecified atom stereocenters. The monoisotopic (exact) mass is 376 g/mol. The molecule has 3 heterocycles. The Hall–Kier alpha value is -2.43. The van der Waals surface area contributed by atoms with E-state index < -0.39 is 10.0 Å². The van der Waals surface area contributed by atoms with Crippen molar-refractivity contribution in [2.24, 2.45) is 0 Å². The number of piperazine rings is 1. The Balaban J connectivity index is 1.67. The second-order valence-electron chi connectivity index (χ2n) is 6.27. The van der Waals surface area contributed by atoms with Crippen molar-refractivity contribution in [3.63, 3.8) is 0 Å². The molecule has 1 aliphatic rings. The number of rotatable bonds is 4. The molecule has 3 aromatic rings. The van der Waals surface area contributed by atoms with E-state index in [1.165, 1.54) is 16.4 Å². The predicted octanol–water partition coefficient (Wildman–Crippen LogP) is 0.647. The van der Waals surface area contributed by atoms with Gasteiger partial charge in [-0.15, -0.1) is 0 Å². The molecule has 0 aliphatic carbocycles. The average molecular weight is 376 g/mol. The molecule has 10 heteroatoms. The number of nitrogens with zero attached hydrogens (tertiary/aromatic N) is 3. The van der Waals surface area contributed by atoms with Gasteiger partial charge in [-0.3, -0.25) is 4.90 Å². The smallest absolute Gasteiger partial charge is 0.323 e. The number of benzene rings is 1. The first-order valence-corrected chi connectivity index (χ1v) is 9.88. The van der Waals surface area contributed by atoms with Crippen molar-refractivity contribution in [2.75, 3.05) is 26.2 Å². The van der Waals surface area contributed by atoms with Gasteiger partial charge in [0.15, 0.2) is 0 Å². The standard InChI is InChI=1S/C16H20N6O3S/c1-2-21-7-8-22(10-14(21)15-17-5-6-18-15)26(24,25)11-3-4-12-13(9-11)20-16(23)19-12/h3-6,9,14H,2,7-8,10H2,1H3,(H,17,18)(H2,19,20,23)/t14-/m0/s1. The summed E-state index contributed by atoms with van der Waals surface area (Å²) in [7, 11) is -3.67. The van der Waals surface area contributed by atoms with Crippen LogP contribution in [0.25, 0.3) is 11.0 Å². The fourth-order valence-electron chi connectivity index (χ4n) is 3.43. The van der Waals surface area contributed by atoms with Crippen molar-refractivity contribution in [3.05, 3.63) is 46.9 Å². The summed E-state index contributed by atoms with van der Waals surface area (Å²) >= 11 is 0. The third kappa shape index (κ3) is 2.85. The highest BCUT2D eigenvalue weighted by molar-refractivity contribution is 7.89. The summed E-state index contributed by atoms with van der Waals surface area (Å²) in [6.07, 6.45) is 3.42. The van der Waals surface area contributed by atoms with Crippen LogP contribution in [0.15, 0.2) is 40.3 Å². The maximum Gasteiger partial charge on any atom is 0.323 e. The largest absolute Gasteiger partial charge is 0.347 e. The predicted molar refractivity (Wildman–Crippen MR) is 96.3 cm³/mol. The molecule has 0 radical (unpaired) electrons. The zero-order valence-electron chi connectivity index (χ0n) is 14.3. The summed E-state index contributed by atoms with van der Waals surface area (Å²) in [5.41, 5.74) is 0.702. The highest BCUT2D eigenvalue weighted by Gasteiger charge is 2.35. The quantitative estimate of drug-likeness (QED) is 0.618. The molecule has 3 N–H and O–H groups in total. The lowest BCUT2D eigenvalue weighted by atomic mass is 10.2. The van der Waals surface area contributed by atoms with Crippen molar-refractivity contribution in [3.8, 4) is 0 Å². The Labute approximate surface area is 150 Å². The molecule has 1 aromatic carbocycles. The van der Waals surface area contributed by atoms with Crippen LogP contribution >= 0.6 is 0 Å². The lowest BCUT2D eigenvalue weighted by Gasteiger charge is -2.39. The van der Waals surface area contributed by atoms with Crippen LogP contribution in [0.4, 0.5) is 0 Å². The topological polar surface area (TPSA) is 118 Å². The molecule has 26 heavy (non-hydrogen) atoms. The van der Waals surface area contributed by atoms with Gasteiger partial charge in [-0.2, -0.15) is 4.31 Å². The summed E-state index contributed by atoms with van der Waals surface area (Å²) in [5.74, 6) is 0.761. The SMILES string of the molecule is CCN1CCN(S(=O)(=O)c2ccc3[nH]c(=O)[nH]c3c2)C[C@H]1c1ncc[nH]1. The van der Waals surface area contributed by atoms with Gasteiger partial charge in [-0.05, 0) is 24.7 Å². The van der Waals surface area contributed by atoms with Gasteiger partial charge in [0.2, 0.25) is 10.0 Å². The Morgan fingerprint density at radius 2 is 2.04 bits per heavy atom. The lowest BCUT2D eigenvalue weighted by molar-refractivity contribution is 0.119. The molecule has 0 spiro atoms. The van der Waals surface area contributed by atoms with E-state index in [0.717, 1.165) is 12.4 Å². The molecular formula is C16H20N6O3S. The van der Waals surface area contributed by atoms with Crippen LogP contribution in [0.2, 0.25) is 0 Å². The Morgan fingerprint density at radius 1 is 1.23 bits per heavy atom. The van der Waals surface area contributed by atoms with E-state index in [1.54, 1.807) is 18.5 Å². The van der Waals surface area contributed by atoms with Gasteiger partial charge >= 0.3 is 5.69 Å². The maximum absolute atomic E-state index is 13.1. The first kappa shape index (κ1) is 17.0. The van der Waals surface area contributed by atoms with Gasteiger partial charge in [0.25, 0.3) is 0 Å². The zero-order chi connectivity index (χ0) is 18.3. The second-order valence-corrected chi connectivity index (χ2v) is 8.21. The third-order valence-corrected chi connectivity index (χ3v) is 6.68. The number of imidazole rings is 2. The molecule has 9 nitrogen and oxygen atoms in total. The number of aromatic amines is 3. The van der Waals surface area contributed by atoms with Crippen LogP contribution in [0.1, 0.15) is 18.8 Å². The maximum atomic E-state index is 13.1. The number of fused-ring (bicyclic) bond motifs is 1. The van der Waals surface area contributed by atoms with Crippen LogP contribution in [-0.4, -0.2) is 63.7 Å². The first-order chi connectivity index (χ1) is 12.5. The average Bonchev–Trinajstić information content (AvgIpc) is 3.28. The number of nitrogens with one attached hydrogen (secondary N) is 3. The number of hydrogen-bond acceptors (Lipinski definition) is 5. The van der Waals surface area contributed by atoms with E-state index >= 15 is 0 Å². The van der Waals surface area contributed by atoms with Crippen LogP contribution < -0.4 is 5.69 Å². The first-order valence-electron chi connectivity index (χ1n) is 8.44. The van der Waals surface area contributed by atoms with Gasteiger partial charge in [0.05, 0.1) is 22.0 Å². The van der Waals surface area contributed by atoms with Crippen molar-refractivity contribution >= 4 is 21.1 Å². The van der Waals surface area contributed by atoms with E-state index in [0.29, 0.717) is 30.7 Å². The fraction of sp³-hybridized carbons (Fsp3) is 0.375. The van der Waals surface area contributed by atoms with Crippen molar-refractivity contribution in [1.82, 2.24) is 29.1 Å². The molecule has 4 rings (SSSR count). The van der Waals surface area contributed by atoms with E-state index in [4.69, 9.17) is 0 Å². The van der Waals surface area contributed by atoms with Gasteiger partial charge in [0.1, 0.15) is 5.82 Å². The molecule has 1 saturated heterocycles. The van der Waals surface area contributed by atoms with Crippen molar-refractivity contribution in [1.29, 1.82) is 0 Å². The molecule has 0 amide bonds. The summed E-state index contributed by atoms with van der Waals surface area (Å²) in [5, 5.41) is 0. The summed E-state index contributed by atoms with van der Waals surface area (Å²) in [6.45, 7) is 4.23. The molecule has 138 valence electrons. The highest BCUT2D eigenvalue weighted by atomic mass is 32.2. The molecule has 0 saturated carbocycles. The van der Waals surface area contributed by atoms with Crippen LogP contribution in [0.5, 0.6) is 0 Å². The Kier molecular flexibility index (Phi) is 4.17. The minimum absolute atomic E-state index is 0.116. The normalized spacial score (nSPS) is 20.0. The molecule has 2 aromatic heterocycles. The zero-order valence-corrected chi connectivity index (χ0v) is 15.1. The number of aromatic nitrogens is 4. The Morgan fingerprint density at radius 3 is 2.77 bits per heavy atom. The summed E-state index contributed by atoms with van der Waals surface area (Å²) in [4.78, 5) is 26.4. The van der Waals surface area contributed by atoms with E-state index in [1.807, 2.05) is 0 Å².